The quantitative estimate of drug-likeness (QED) is 0.725. The Morgan fingerprint density at radius 2 is 1.88 bits per heavy atom. The Morgan fingerprint density at radius 1 is 1.25 bits per heavy atom. The molecule has 3 nitrogen and oxygen atoms in total. The number of epoxide rings is 1. The summed E-state index contributed by atoms with van der Waals surface area (Å²) < 4.78 is 5.46. The first-order chi connectivity index (χ1) is 7.77. The number of nitrogens with zero attached hydrogens (tertiary/aromatic N) is 1. The van der Waals surface area contributed by atoms with E-state index in [9.17, 15) is 4.79 Å². The predicted octanol–water partition coefficient (Wildman–Crippen LogP) is 1.99. The molecular weight excluding hydrogens is 202 g/mol. The van der Waals surface area contributed by atoms with Crippen LogP contribution in [0.4, 0.5) is 0 Å². The molecule has 1 aromatic rings. The number of ether oxygens (including phenoxy) is 1. The standard InChI is InChI=1S/C13H17NO2/c1-3-14(4-2)13(15)12-11(16-12)10-8-6-5-7-9-10/h5-9,11-12H,3-4H2,1-2H3/t11-,12-/m0/s1. The van der Waals surface area contributed by atoms with Crippen LogP contribution < -0.4 is 0 Å². The molecule has 1 aliphatic heterocycles. The second-order valence-corrected chi connectivity index (χ2v) is 3.90. The van der Waals surface area contributed by atoms with E-state index < -0.39 is 0 Å². The van der Waals surface area contributed by atoms with Crippen molar-refractivity contribution < 1.29 is 9.53 Å². The van der Waals surface area contributed by atoms with Gasteiger partial charge in [0.05, 0.1) is 0 Å². The van der Waals surface area contributed by atoms with Crippen LogP contribution in [0.25, 0.3) is 0 Å². The van der Waals surface area contributed by atoms with Crippen LogP contribution in [-0.2, 0) is 9.53 Å². The smallest absolute Gasteiger partial charge is 0.254 e. The first-order valence-corrected chi connectivity index (χ1v) is 5.77. The van der Waals surface area contributed by atoms with Crippen molar-refractivity contribution in [1.82, 2.24) is 4.90 Å². The van der Waals surface area contributed by atoms with Gasteiger partial charge in [-0.05, 0) is 19.4 Å². The number of amides is 1. The Labute approximate surface area is 96.0 Å². The molecule has 1 heterocycles. The van der Waals surface area contributed by atoms with Gasteiger partial charge in [-0.15, -0.1) is 0 Å². The van der Waals surface area contributed by atoms with E-state index in [1.807, 2.05) is 49.1 Å². The van der Waals surface area contributed by atoms with Gasteiger partial charge < -0.3 is 9.64 Å². The van der Waals surface area contributed by atoms with Crippen molar-refractivity contribution in [3.63, 3.8) is 0 Å². The summed E-state index contributed by atoms with van der Waals surface area (Å²) in [6, 6.07) is 9.90. The maximum absolute atomic E-state index is 12.0. The SMILES string of the molecule is CCN(CC)C(=O)[C@H]1O[C@H]1c1ccccc1. The minimum atomic E-state index is -0.262. The molecule has 0 aliphatic carbocycles. The van der Waals surface area contributed by atoms with Crippen molar-refractivity contribution in [3.8, 4) is 0 Å². The van der Waals surface area contributed by atoms with Gasteiger partial charge in [0.15, 0.2) is 6.10 Å². The number of benzene rings is 1. The summed E-state index contributed by atoms with van der Waals surface area (Å²) in [6.45, 7) is 5.47. The van der Waals surface area contributed by atoms with Gasteiger partial charge >= 0.3 is 0 Å². The third kappa shape index (κ3) is 2.09. The lowest BCUT2D eigenvalue weighted by molar-refractivity contribution is -0.132. The first-order valence-electron chi connectivity index (χ1n) is 5.77. The molecule has 1 aliphatic rings. The molecule has 1 aromatic carbocycles. The van der Waals surface area contributed by atoms with E-state index in [-0.39, 0.29) is 18.1 Å². The van der Waals surface area contributed by atoms with Crippen LogP contribution in [0, 0.1) is 0 Å². The second-order valence-electron chi connectivity index (χ2n) is 3.90. The first kappa shape index (κ1) is 11.1. The second kappa shape index (κ2) is 4.66. The largest absolute Gasteiger partial charge is 0.354 e. The van der Waals surface area contributed by atoms with E-state index in [1.165, 1.54) is 0 Å². The lowest BCUT2D eigenvalue weighted by Crippen LogP contribution is -2.34. The molecule has 1 fully saturated rings. The maximum Gasteiger partial charge on any atom is 0.254 e. The van der Waals surface area contributed by atoms with Crippen LogP contribution in [0.2, 0.25) is 0 Å². The highest BCUT2D eigenvalue weighted by Crippen LogP contribution is 2.39. The van der Waals surface area contributed by atoms with E-state index in [1.54, 1.807) is 0 Å². The Balaban J connectivity index is 1.99. The topological polar surface area (TPSA) is 32.8 Å². The van der Waals surface area contributed by atoms with E-state index in [0.717, 1.165) is 18.7 Å². The van der Waals surface area contributed by atoms with Gasteiger partial charge in [-0.2, -0.15) is 0 Å². The number of hydrogen-bond donors (Lipinski definition) is 0. The molecule has 0 unspecified atom stereocenters. The number of carbonyl (C=O) groups is 1. The molecule has 0 spiro atoms. The molecule has 3 heteroatoms. The predicted molar refractivity (Wildman–Crippen MR) is 62.0 cm³/mol. The molecule has 1 saturated heterocycles. The summed E-state index contributed by atoms with van der Waals surface area (Å²) in [6.07, 6.45) is -0.295. The molecule has 0 aromatic heterocycles. The Kier molecular flexibility index (Phi) is 3.25. The summed E-state index contributed by atoms with van der Waals surface area (Å²) in [5.74, 6) is 0.110. The molecule has 0 N–H and O–H groups in total. The average Bonchev–Trinajstić information content (AvgIpc) is 3.11. The van der Waals surface area contributed by atoms with Crippen molar-refractivity contribution in [2.75, 3.05) is 13.1 Å². The van der Waals surface area contributed by atoms with Crippen LogP contribution >= 0.6 is 0 Å². The highest BCUT2D eigenvalue weighted by atomic mass is 16.6. The molecule has 0 radical (unpaired) electrons. The zero-order valence-electron chi connectivity index (χ0n) is 9.72. The van der Waals surface area contributed by atoms with Crippen molar-refractivity contribution in [2.24, 2.45) is 0 Å². The van der Waals surface area contributed by atoms with Gasteiger partial charge in [-0.25, -0.2) is 0 Å². The third-order valence-electron chi connectivity index (χ3n) is 2.94. The summed E-state index contributed by atoms with van der Waals surface area (Å²) in [5.41, 5.74) is 1.09. The number of likely N-dealkylation sites (N-methyl/N-ethyl adjacent to an activating group) is 1. The highest BCUT2D eigenvalue weighted by Gasteiger charge is 2.47. The molecule has 1 amide bonds. The van der Waals surface area contributed by atoms with Gasteiger partial charge in [-0.1, -0.05) is 30.3 Å². The lowest BCUT2D eigenvalue weighted by atomic mass is 10.1. The maximum atomic E-state index is 12.0. The Morgan fingerprint density at radius 3 is 2.44 bits per heavy atom. The third-order valence-corrected chi connectivity index (χ3v) is 2.94. The highest BCUT2D eigenvalue weighted by molar-refractivity contribution is 5.84. The van der Waals surface area contributed by atoms with Crippen LogP contribution in [0.5, 0.6) is 0 Å². The number of hydrogen-bond acceptors (Lipinski definition) is 2. The molecule has 2 atom stereocenters. The minimum Gasteiger partial charge on any atom is -0.354 e. The van der Waals surface area contributed by atoms with Crippen molar-refractivity contribution >= 4 is 5.91 Å². The zero-order valence-corrected chi connectivity index (χ0v) is 9.72. The van der Waals surface area contributed by atoms with Gasteiger partial charge in [0, 0.05) is 13.1 Å². The van der Waals surface area contributed by atoms with E-state index >= 15 is 0 Å². The van der Waals surface area contributed by atoms with Crippen LogP contribution in [0.1, 0.15) is 25.5 Å². The van der Waals surface area contributed by atoms with Gasteiger partial charge in [0.2, 0.25) is 0 Å². The minimum absolute atomic E-state index is 0.0331. The lowest BCUT2D eigenvalue weighted by Gasteiger charge is -2.16. The molecule has 0 bridgehead atoms. The number of carbonyl (C=O) groups excluding carboxylic acids is 1. The Bertz CT molecular complexity index is 359. The summed E-state index contributed by atoms with van der Waals surface area (Å²) in [5, 5.41) is 0. The summed E-state index contributed by atoms with van der Waals surface area (Å²) >= 11 is 0. The molecule has 0 saturated carbocycles. The fourth-order valence-electron chi connectivity index (χ4n) is 1.91. The van der Waals surface area contributed by atoms with Crippen molar-refractivity contribution in [1.29, 1.82) is 0 Å². The monoisotopic (exact) mass is 219 g/mol. The van der Waals surface area contributed by atoms with Gasteiger partial charge in [0.1, 0.15) is 6.10 Å². The Hall–Kier alpha value is -1.35. The molecule has 2 rings (SSSR count). The van der Waals surface area contributed by atoms with E-state index in [2.05, 4.69) is 0 Å². The van der Waals surface area contributed by atoms with Gasteiger partial charge in [0.25, 0.3) is 5.91 Å². The van der Waals surface area contributed by atoms with Crippen molar-refractivity contribution in [3.05, 3.63) is 35.9 Å². The fraction of sp³-hybridized carbons (Fsp3) is 0.462. The molecule has 86 valence electrons. The van der Waals surface area contributed by atoms with Crippen molar-refractivity contribution in [2.45, 2.75) is 26.1 Å². The molecular formula is C13H17NO2. The van der Waals surface area contributed by atoms with E-state index in [0.29, 0.717) is 0 Å². The molecule has 16 heavy (non-hydrogen) atoms. The summed E-state index contributed by atoms with van der Waals surface area (Å²) in [4.78, 5) is 13.8. The van der Waals surface area contributed by atoms with E-state index in [4.69, 9.17) is 4.74 Å². The normalized spacial score (nSPS) is 22.9. The number of rotatable bonds is 4. The zero-order chi connectivity index (χ0) is 11.5. The average molecular weight is 219 g/mol. The van der Waals surface area contributed by atoms with Crippen LogP contribution in [0.15, 0.2) is 30.3 Å². The fourth-order valence-corrected chi connectivity index (χ4v) is 1.91. The summed E-state index contributed by atoms with van der Waals surface area (Å²) in [7, 11) is 0. The van der Waals surface area contributed by atoms with Crippen LogP contribution in [0.3, 0.4) is 0 Å². The van der Waals surface area contributed by atoms with Crippen LogP contribution in [-0.4, -0.2) is 30.0 Å². The van der Waals surface area contributed by atoms with Gasteiger partial charge in [-0.3, -0.25) is 4.79 Å².